The van der Waals surface area contributed by atoms with E-state index in [0.717, 1.165) is 13.8 Å². The molecule has 1 aliphatic heterocycles. The molecule has 1 saturated heterocycles. The summed E-state index contributed by atoms with van der Waals surface area (Å²) >= 11 is 0. The smallest absolute Gasteiger partial charge is 0.341 e. The molecule has 6 atom stereocenters. The highest BCUT2D eigenvalue weighted by atomic mass is 16.7. The first-order valence-corrected chi connectivity index (χ1v) is 6.56. The maximum Gasteiger partial charge on any atom is 0.341 e. The molecule has 1 heterocycles. The van der Waals surface area contributed by atoms with Crippen LogP contribution in [-0.4, -0.2) is 84.9 Å². The molecule has 0 aromatic heterocycles. The van der Waals surface area contributed by atoms with Gasteiger partial charge in [0.2, 0.25) is 11.5 Å². The number of carbonyl (C=O) groups is 2. The summed E-state index contributed by atoms with van der Waals surface area (Å²) in [6.45, 7) is 1.13. The number of aliphatic carboxylic acids is 1. The molecule has 0 aromatic rings. The Morgan fingerprint density at radius 1 is 1.41 bits per heavy atom. The summed E-state index contributed by atoms with van der Waals surface area (Å²) in [7, 11) is 0. The van der Waals surface area contributed by atoms with Gasteiger partial charge in [0.25, 0.3) is 0 Å². The summed E-state index contributed by atoms with van der Waals surface area (Å²) in [6.07, 6.45) is -6.18. The second-order valence-electron chi connectivity index (χ2n) is 5.52. The molecule has 10 nitrogen and oxygen atoms in total. The average Bonchev–Trinajstić information content (AvgIpc) is 2.38. The largest absolute Gasteiger partial charge is 0.479 e. The van der Waals surface area contributed by atoms with Crippen LogP contribution in [0.5, 0.6) is 0 Å². The van der Waals surface area contributed by atoms with Crippen molar-refractivity contribution in [2.75, 3.05) is 6.61 Å². The predicted octanol–water partition coefficient (Wildman–Crippen LogP) is -3.48. The maximum absolute atomic E-state index is 11.7. The van der Waals surface area contributed by atoms with Crippen LogP contribution in [0.15, 0.2) is 0 Å². The third kappa shape index (κ3) is 3.37. The maximum atomic E-state index is 11.7. The van der Waals surface area contributed by atoms with Crippen LogP contribution < -0.4 is 5.32 Å². The molecule has 0 bridgehead atoms. The highest BCUT2D eigenvalue weighted by Gasteiger charge is 2.64. The van der Waals surface area contributed by atoms with Crippen LogP contribution in [0.2, 0.25) is 0 Å². The summed E-state index contributed by atoms with van der Waals surface area (Å²) < 4.78 is 5.05. The quantitative estimate of drug-likeness (QED) is 0.271. The lowest BCUT2D eigenvalue weighted by molar-refractivity contribution is -0.329. The Bertz CT molecular complexity index is 440. The van der Waals surface area contributed by atoms with E-state index in [1.807, 2.05) is 0 Å². The number of amides is 1. The van der Waals surface area contributed by atoms with Crippen LogP contribution in [0.1, 0.15) is 20.3 Å². The molecule has 0 aliphatic carbocycles. The SMILES string of the molecule is CC(=O)N[C@@H]1[C@@H](O)C[C@](C)(O)O[C@@]1(C(=O)O)[C@H](O)[C@H](O)CO. The highest BCUT2D eigenvalue weighted by molar-refractivity contribution is 5.82. The van der Waals surface area contributed by atoms with Crippen molar-refractivity contribution < 1.29 is 45.0 Å². The van der Waals surface area contributed by atoms with E-state index < -0.39 is 60.6 Å². The standard InChI is InChI=1S/C12H21NO9/c1-5(15)13-8-6(16)3-11(2,21)22-12(8,10(19)20)9(18)7(17)4-14/h6-9,14,16-18,21H,3-4H2,1-2H3,(H,13,15)(H,19,20)/t6-,7+,8+,9+,11+,12+/m0/s1. The van der Waals surface area contributed by atoms with Gasteiger partial charge in [0.1, 0.15) is 12.2 Å². The Balaban J connectivity index is 3.41. The average molecular weight is 323 g/mol. The fourth-order valence-electron chi connectivity index (χ4n) is 2.62. The number of hydrogen-bond donors (Lipinski definition) is 7. The zero-order valence-corrected chi connectivity index (χ0v) is 12.1. The van der Waals surface area contributed by atoms with Crippen molar-refractivity contribution >= 4 is 11.9 Å². The Morgan fingerprint density at radius 2 is 1.95 bits per heavy atom. The van der Waals surface area contributed by atoms with E-state index >= 15 is 0 Å². The van der Waals surface area contributed by atoms with Crippen molar-refractivity contribution in [1.82, 2.24) is 5.32 Å². The molecular weight excluding hydrogens is 302 g/mol. The lowest BCUT2D eigenvalue weighted by Gasteiger charge is -2.51. The molecule has 0 aromatic carbocycles. The highest BCUT2D eigenvalue weighted by Crippen LogP contribution is 2.38. The molecule has 7 N–H and O–H groups in total. The zero-order valence-electron chi connectivity index (χ0n) is 12.1. The minimum atomic E-state index is -2.75. The first-order valence-electron chi connectivity index (χ1n) is 6.56. The second kappa shape index (κ2) is 6.44. The van der Waals surface area contributed by atoms with Gasteiger partial charge in [-0.05, 0) is 6.92 Å². The van der Waals surface area contributed by atoms with E-state index in [4.69, 9.17) is 9.84 Å². The third-order valence-corrected chi connectivity index (χ3v) is 3.51. The van der Waals surface area contributed by atoms with Gasteiger partial charge >= 0.3 is 5.97 Å². The van der Waals surface area contributed by atoms with Gasteiger partial charge in [0.15, 0.2) is 5.79 Å². The minimum Gasteiger partial charge on any atom is -0.479 e. The van der Waals surface area contributed by atoms with Crippen LogP contribution in [0.4, 0.5) is 0 Å². The molecule has 1 fully saturated rings. The predicted molar refractivity (Wildman–Crippen MR) is 69.4 cm³/mol. The van der Waals surface area contributed by atoms with E-state index in [-0.39, 0.29) is 0 Å². The molecule has 0 unspecified atom stereocenters. The molecule has 22 heavy (non-hydrogen) atoms. The molecule has 128 valence electrons. The van der Waals surface area contributed by atoms with Gasteiger partial charge in [0.05, 0.1) is 18.8 Å². The van der Waals surface area contributed by atoms with Gasteiger partial charge in [-0.25, -0.2) is 4.79 Å². The summed E-state index contributed by atoms with van der Waals surface area (Å²) in [5.41, 5.74) is -2.75. The van der Waals surface area contributed by atoms with Crippen molar-refractivity contribution in [1.29, 1.82) is 0 Å². The molecular formula is C12H21NO9. The summed E-state index contributed by atoms with van der Waals surface area (Å²) in [5, 5.41) is 60.3. The zero-order chi connectivity index (χ0) is 17.3. The fourth-order valence-corrected chi connectivity index (χ4v) is 2.62. The van der Waals surface area contributed by atoms with Crippen LogP contribution in [0.25, 0.3) is 0 Å². The van der Waals surface area contributed by atoms with Crippen molar-refractivity contribution in [2.45, 2.75) is 56.0 Å². The van der Waals surface area contributed by atoms with E-state index in [1.54, 1.807) is 0 Å². The number of nitrogens with one attached hydrogen (secondary N) is 1. The topological polar surface area (TPSA) is 177 Å². The van der Waals surface area contributed by atoms with Crippen LogP contribution >= 0.6 is 0 Å². The first-order chi connectivity index (χ1) is 9.97. The number of aliphatic hydroxyl groups is 5. The Labute approximate surface area is 125 Å². The number of carbonyl (C=O) groups excluding carboxylic acids is 1. The Morgan fingerprint density at radius 3 is 2.36 bits per heavy atom. The summed E-state index contributed by atoms with van der Waals surface area (Å²) in [6, 6.07) is -1.65. The normalized spacial score (nSPS) is 38.1. The Kier molecular flexibility index (Phi) is 5.49. The molecule has 10 heteroatoms. The lowest BCUT2D eigenvalue weighted by atomic mass is 9.77. The van der Waals surface area contributed by atoms with E-state index in [1.165, 1.54) is 0 Å². The van der Waals surface area contributed by atoms with Crippen LogP contribution in [-0.2, 0) is 14.3 Å². The van der Waals surface area contributed by atoms with Crippen LogP contribution in [0.3, 0.4) is 0 Å². The number of ether oxygens (including phenoxy) is 1. The third-order valence-electron chi connectivity index (χ3n) is 3.51. The molecule has 0 saturated carbocycles. The monoisotopic (exact) mass is 323 g/mol. The number of carboxylic acids is 1. The minimum absolute atomic E-state index is 0.436. The van der Waals surface area contributed by atoms with Crippen LogP contribution in [0, 0.1) is 0 Å². The number of aliphatic hydroxyl groups excluding tert-OH is 4. The summed E-state index contributed by atoms with van der Waals surface area (Å²) in [4.78, 5) is 23.0. The van der Waals surface area contributed by atoms with Gasteiger partial charge in [-0.15, -0.1) is 0 Å². The first kappa shape index (κ1) is 18.7. The van der Waals surface area contributed by atoms with E-state index in [2.05, 4.69) is 5.32 Å². The fraction of sp³-hybridized carbons (Fsp3) is 0.833. The lowest BCUT2D eigenvalue weighted by Crippen LogP contribution is -2.76. The van der Waals surface area contributed by atoms with Gasteiger partial charge in [-0.1, -0.05) is 0 Å². The molecule has 0 radical (unpaired) electrons. The van der Waals surface area contributed by atoms with Crippen molar-refractivity contribution in [3.63, 3.8) is 0 Å². The van der Waals surface area contributed by atoms with E-state index in [0.29, 0.717) is 0 Å². The molecule has 1 aliphatic rings. The van der Waals surface area contributed by atoms with Gasteiger partial charge in [0, 0.05) is 13.3 Å². The second-order valence-corrected chi connectivity index (χ2v) is 5.52. The number of rotatable bonds is 5. The van der Waals surface area contributed by atoms with Crippen molar-refractivity contribution in [3.05, 3.63) is 0 Å². The number of hydrogen-bond acceptors (Lipinski definition) is 8. The van der Waals surface area contributed by atoms with Gasteiger partial charge < -0.3 is 40.7 Å². The van der Waals surface area contributed by atoms with Gasteiger partial charge in [-0.2, -0.15) is 0 Å². The van der Waals surface area contributed by atoms with Crippen molar-refractivity contribution in [2.24, 2.45) is 0 Å². The molecule has 1 rings (SSSR count). The van der Waals surface area contributed by atoms with Crippen molar-refractivity contribution in [3.8, 4) is 0 Å². The molecule has 1 amide bonds. The Hall–Kier alpha value is -1.30. The van der Waals surface area contributed by atoms with Gasteiger partial charge in [-0.3, -0.25) is 4.79 Å². The number of carboxylic acid groups (broad SMARTS) is 1. The summed E-state index contributed by atoms with van der Waals surface area (Å²) in [5.74, 6) is -4.68. The van der Waals surface area contributed by atoms with E-state index in [9.17, 15) is 35.1 Å². The molecule has 0 spiro atoms.